The molecule has 0 bridgehead atoms. The number of hydrogen-bond donors (Lipinski definition) is 1. The molecule has 1 atom stereocenters. The van der Waals surface area contributed by atoms with Crippen molar-refractivity contribution in [3.05, 3.63) is 64.7 Å². The van der Waals surface area contributed by atoms with Gasteiger partial charge >= 0.3 is 0 Å². The molecule has 1 nitrogen and oxygen atoms in total. The van der Waals surface area contributed by atoms with Crippen molar-refractivity contribution in [3.8, 4) is 0 Å². The highest BCUT2D eigenvalue weighted by Gasteiger charge is 2.23. The largest absolute Gasteiger partial charge is 0.381 e. The Kier molecular flexibility index (Phi) is 4.95. The SMILES string of the molecule is Cc1ccc(NC(C)CC(C)(C)c2ccccc2)c(Cl)c1. The molecule has 2 aromatic carbocycles. The van der Waals surface area contributed by atoms with Crippen molar-refractivity contribution < 1.29 is 0 Å². The molecule has 0 saturated carbocycles. The minimum Gasteiger partial charge on any atom is -0.381 e. The standard InChI is InChI=1S/C19H24ClN/c1-14-10-11-18(17(20)12-14)21-15(2)13-19(3,4)16-8-6-5-7-9-16/h5-12,15,21H,13H2,1-4H3. The van der Waals surface area contributed by atoms with E-state index in [1.807, 2.05) is 6.07 Å². The molecule has 2 heteroatoms. The lowest BCUT2D eigenvalue weighted by atomic mass is 9.79. The minimum absolute atomic E-state index is 0.130. The lowest BCUT2D eigenvalue weighted by Crippen LogP contribution is -2.27. The van der Waals surface area contributed by atoms with Crippen LogP contribution in [0.3, 0.4) is 0 Å². The monoisotopic (exact) mass is 301 g/mol. The molecule has 21 heavy (non-hydrogen) atoms. The Morgan fingerprint density at radius 2 is 1.76 bits per heavy atom. The van der Waals surface area contributed by atoms with Crippen LogP contribution in [0.1, 0.15) is 38.3 Å². The van der Waals surface area contributed by atoms with Crippen LogP contribution >= 0.6 is 11.6 Å². The molecule has 1 N–H and O–H groups in total. The first kappa shape index (κ1) is 15.9. The molecule has 112 valence electrons. The zero-order chi connectivity index (χ0) is 15.5. The van der Waals surface area contributed by atoms with E-state index in [4.69, 9.17) is 11.6 Å². The van der Waals surface area contributed by atoms with Gasteiger partial charge in [0.05, 0.1) is 10.7 Å². The number of aryl methyl sites for hydroxylation is 1. The van der Waals surface area contributed by atoms with Gasteiger partial charge in [-0.15, -0.1) is 0 Å². The topological polar surface area (TPSA) is 12.0 Å². The summed E-state index contributed by atoms with van der Waals surface area (Å²) >= 11 is 6.30. The van der Waals surface area contributed by atoms with Gasteiger partial charge < -0.3 is 5.32 Å². The molecule has 0 aliphatic rings. The Balaban J connectivity index is 2.06. The molecule has 0 aromatic heterocycles. The fourth-order valence-corrected chi connectivity index (χ4v) is 3.12. The molecule has 2 rings (SSSR count). The number of anilines is 1. The van der Waals surface area contributed by atoms with Crippen molar-refractivity contribution >= 4 is 17.3 Å². The molecule has 0 aliphatic carbocycles. The molecule has 0 heterocycles. The first-order chi connectivity index (χ1) is 9.88. The van der Waals surface area contributed by atoms with Crippen LogP contribution in [-0.4, -0.2) is 6.04 Å². The van der Waals surface area contributed by atoms with E-state index >= 15 is 0 Å². The third-order valence-electron chi connectivity index (χ3n) is 3.90. The highest BCUT2D eigenvalue weighted by Crippen LogP contribution is 2.30. The van der Waals surface area contributed by atoms with Crippen molar-refractivity contribution in [1.82, 2.24) is 0 Å². The van der Waals surface area contributed by atoms with Crippen molar-refractivity contribution in [2.45, 2.75) is 45.6 Å². The third kappa shape index (κ3) is 4.25. The molecule has 0 aliphatic heterocycles. The summed E-state index contributed by atoms with van der Waals surface area (Å²) in [4.78, 5) is 0. The summed E-state index contributed by atoms with van der Waals surface area (Å²) in [5.74, 6) is 0. The maximum absolute atomic E-state index is 6.30. The van der Waals surface area contributed by atoms with E-state index in [2.05, 4.69) is 75.5 Å². The molecule has 0 amide bonds. The van der Waals surface area contributed by atoms with Gasteiger partial charge in [-0.1, -0.05) is 61.8 Å². The smallest absolute Gasteiger partial charge is 0.0640 e. The van der Waals surface area contributed by atoms with Crippen molar-refractivity contribution in [3.63, 3.8) is 0 Å². The Hall–Kier alpha value is -1.47. The summed E-state index contributed by atoms with van der Waals surface area (Å²) in [6.45, 7) is 8.84. The van der Waals surface area contributed by atoms with Gasteiger partial charge in [-0.3, -0.25) is 0 Å². The molecule has 0 radical (unpaired) electrons. The van der Waals surface area contributed by atoms with Gasteiger partial charge in [0.1, 0.15) is 0 Å². The van der Waals surface area contributed by atoms with E-state index in [9.17, 15) is 0 Å². The van der Waals surface area contributed by atoms with Gasteiger partial charge in [-0.2, -0.15) is 0 Å². The average molecular weight is 302 g/mol. The quantitative estimate of drug-likeness (QED) is 0.734. The number of nitrogens with one attached hydrogen (secondary N) is 1. The van der Waals surface area contributed by atoms with Crippen LogP contribution in [0.15, 0.2) is 48.5 Å². The van der Waals surface area contributed by atoms with Gasteiger partial charge in [-0.25, -0.2) is 0 Å². The first-order valence-corrected chi connectivity index (χ1v) is 7.84. The predicted octanol–water partition coefficient (Wildman–Crippen LogP) is 5.82. The van der Waals surface area contributed by atoms with Crippen LogP contribution in [0.4, 0.5) is 5.69 Å². The van der Waals surface area contributed by atoms with Crippen LogP contribution in [0.5, 0.6) is 0 Å². The first-order valence-electron chi connectivity index (χ1n) is 7.47. The summed E-state index contributed by atoms with van der Waals surface area (Å²) in [5.41, 5.74) is 3.69. The lowest BCUT2D eigenvalue weighted by molar-refractivity contribution is 0.450. The summed E-state index contributed by atoms with van der Waals surface area (Å²) < 4.78 is 0. The lowest BCUT2D eigenvalue weighted by Gasteiger charge is -2.30. The summed E-state index contributed by atoms with van der Waals surface area (Å²) in [6.07, 6.45) is 1.04. The highest BCUT2D eigenvalue weighted by molar-refractivity contribution is 6.33. The van der Waals surface area contributed by atoms with Gasteiger partial charge in [0.15, 0.2) is 0 Å². The normalized spacial score (nSPS) is 13.0. The summed E-state index contributed by atoms with van der Waals surface area (Å²) in [6, 6.07) is 17.2. The molecular formula is C19H24ClN. The second kappa shape index (κ2) is 6.53. The van der Waals surface area contributed by atoms with Crippen LogP contribution < -0.4 is 5.32 Å². The average Bonchev–Trinajstić information content (AvgIpc) is 2.42. The van der Waals surface area contributed by atoms with E-state index in [-0.39, 0.29) is 5.41 Å². The third-order valence-corrected chi connectivity index (χ3v) is 4.21. The number of hydrogen-bond acceptors (Lipinski definition) is 1. The van der Waals surface area contributed by atoms with Crippen LogP contribution in [-0.2, 0) is 5.41 Å². The van der Waals surface area contributed by atoms with Gasteiger partial charge in [0.25, 0.3) is 0 Å². The summed E-state index contributed by atoms with van der Waals surface area (Å²) in [5, 5.41) is 4.32. The van der Waals surface area contributed by atoms with Crippen LogP contribution in [0.2, 0.25) is 5.02 Å². The van der Waals surface area contributed by atoms with Crippen molar-refractivity contribution in [2.24, 2.45) is 0 Å². The van der Waals surface area contributed by atoms with Crippen molar-refractivity contribution in [2.75, 3.05) is 5.32 Å². The maximum atomic E-state index is 6.30. The van der Waals surface area contributed by atoms with Crippen molar-refractivity contribution in [1.29, 1.82) is 0 Å². The Morgan fingerprint density at radius 1 is 1.10 bits per heavy atom. The molecule has 0 saturated heterocycles. The Labute approximate surface area is 133 Å². The molecular weight excluding hydrogens is 278 g/mol. The number of benzene rings is 2. The molecule has 1 unspecified atom stereocenters. The second-order valence-corrected chi connectivity index (χ2v) is 6.89. The van der Waals surface area contributed by atoms with E-state index in [0.717, 1.165) is 17.1 Å². The second-order valence-electron chi connectivity index (χ2n) is 6.48. The van der Waals surface area contributed by atoms with E-state index < -0.39 is 0 Å². The highest BCUT2D eigenvalue weighted by atomic mass is 35.5. The van der Waals surface area contributed by atoms with E-state index in [1.165, 1.54) is 11.1 Å². The molecule has 0 fully saturated rings. The van der Waals surface area contributed by atoms with Gasteiger partial charge in [0, 0.05) is 6.04 Å². The van der Waals surface area contributed by atoms with Gasteiger partial charge in [0.2, 0.25) is 0 Å². The maximum Gasteiger partial charge on any atom is 0.0640 e. The fraction of sp³-hybridized carbons (Fsp3) is 0.368. The molecule has 2 aromatic rings. The Bertz CT molecular complexity index is 590. The van der Waals surface area contributed by atoms with Crippen LogP contribution in [0, 0.1) is 6.92 Å². The minimum atomic E-state index is 0.130. The zero-order valence-corrected chi connectivity index (χ0v) is 14.0. The fourth-order valence-electron chi connectivity index (χ4n) is 2.83. The van der Waals surface area contributed by atoms with Crippen LogP contribution in [0.25, 0.3) is 0 Å². The summed E-state index contributed by atoms with van der Waals surface area (Å²) in [7, 11) is 0. The Morgan fingerprint density at radius 3 is 2.38 bits per heavy atom. The van der Waals surface area contributed by atoms with E-state index in [0.29, 0.717) is 6.04 Å². The van der Waals surface area contributed by atoms with Gasteiger partial charge in [-0.05, 0) is 48.9 Å². The predicted molar refractivity (Wildman–Crippen MR) is 93.4 cm³/mol. The number of rotatable bonds is 5. The number of halogens is 1. The van der Waals surface area contributed by atoms with E-state index in [1.54, 1.807) is 0 Å². The zero-order valence-electron chi connectivity index (χ0n) is 13.3. The molecule has 0 spiro atoms.